The van der Waals surface area contributed by atoms with Crippen molar-refractivity contribution in [3.8, 4) is 17.3 Å². The quantitative estimate of drug-likeness (QED) is 0.306. The Morgan fingerprint density at radius 3 is 2.79 bits per heavy atom. The molecule has 0 radical (unpaired) electrons. The molecule has 6 rings (SSSR count). The largest absolute Gasteiger partial charge is 0.378 e. The third kappa shape index (κ3) is 5.00. The van der Waals surface area contributed by atoms with Crippen LogP contribution in [0.15, 0.2) is 85.2 Å². The Hall–Kier alpha value is -3.78. The fourth-order valence-corrected chi connectivity index (χ4v) is 6.99. The molecule has 2 aromatic carbocycles. The first kappa shape index (κ1) is 24.6. The van der Waals surface area contributed by atoms with Gasteiger partial charge in [0.1, 0.15) is 6.07 Å². The fraction of sp³-hybridized carbons (Fsp3) is 0.214. The minimum absolute atomic E-state index is 0.0844. The number of H-pyrrole nitrogens is 1. The molecule has 1 unspecified atom stereocenters. The van der Waals surface area contributed by atoms with Crippen molar-refractivity contribution in [3.63, 3.8) is 0 Å². The lowest BCUT2D eigenvalue weighted by Crippen LogP contribution is -2.36. The molecule has 0 aliphatic carbocycles. The molecule has 4 heterocycles. The van der Waals surface area contributed by atoms with E-state index in [2.05, 4.69) is 61.6 Å². The number of rotatable bonds is 5. The Labute approximate surface area is 228 Å². The highest BCUT2D eigenvalue weighted by atomic mass is 32.2. The van der Waals surface area contributed by atoms with Crippen LogP contribution < -0.4 is 15.8 Å². The van der Waals surface area contributed by atoms with Crippen molar-refractivity contribution >= 4 is 34.9 Å². The predicted molar refractivity (Wildman–Crippen MR) is 149 cm³/mol. The fourth-order valence-electron chi connectivity index (χ4n) is 4.57. The third-order valence-electron chi connectivity index (χ3n) is 6.45. The molecule has 8 nitrogen and oxygen atoms in total. The molecule has 0 saturated carbocycles. The van der Waals surface area contributed by atoms with E-state index in [0.29, 0.717) is 13.2 Å². The van der Waals surface area contributed by atoms with Crippen molar-refractivity contribution in [1.29, 1.82) is 5.26 Å². The highest BCUT2D eigenvalue weighted by Crippen LogP contribution is 2.52. The van der Waals surface area contributed by atoms with Crippen LogP contribution in [0.5, 0.6) is 0 Å². The normalized spacial score (nSPS) is 15.2. The van der Waals surface area contributed by atoms with Gasteiger partial charge in [0, 0.05) is 61.9 Å². The summed E-state index contributed by atoms with van der Waals surface area (Å²) >= 11 is 3.44. The van der Waals surface area contributed by atoms with Gasteiger partial charge >= 0.3 is 0 Å². The van der Waals surface area contributed by atoms with E-state index in [-0.39, 0.29) is 17.4 Å². The Morgan fingerprint density at radius 2 is 1.95 bits per heavy atom. The van der Waals surface area contributed by atoms with Crippen molar-refractivity contribution in [1.82, 2.24) is 15.0 Å². The van der Waals surface area contributed by atoms with Crippen molar-refractivity contribution in [2.45, 2.75) is 32.5 Å². The van der Waals surface area contributed by atoms with Crippen molar-refractivity contribution in [3.05, 3.63) is 82.7 Å². The van der Waals surface area contributed by atoms with E-state index in [1.807, 2.05) is 25.1 Å². The average Bonchev–Trinajstić information content (AvgIpc) is 2.96. The van der Waals surface area contributed by atoms with E-state index in [0.717, 1.165) is 61.0 Å². The van der Waals surface area contributed by atoms with Gasteiger partial charge < -0.3 is 19.9 Å². The van der Waals surface area contributed by atoms with Crippen LogP contribution in [0.2, 0.25) is 0 Å². The number of nitriles is 1. The molecule has 1 atom stereocenters. The number of pyridine rings is 1. The van der Waals surface area contributed by atoms with Gasteiger partial charge in [-0.25, -0.2) is 9.97 Å². The number of morpholine rings is 1. The first-order valence-electron chi connectivity index (χ1n) is 12.3. The number of nitrogens with zero attached hydrogens (tertiary/aromatic N) is 4. The molecule has 0 bridgehead atoms. The number of aromatic amines is 1. The molecule has 38 heavy (non-hydrogen) atoms. The Morgan fingerprint density at radius 1 is 1.08 bits per heavy atom. The third-order valence-corrected chi connectivity index (χ3v) is 9.05. The van der Waals surface area contributed by atoms with Gasteiger partial charge in [0.2, 0.25) is 11.4 Å². The highest BCUT2D eigenvalue weighted by molar-refractivity contribution is 8.05. The zero-order valence-corrected chi connectivity index (χ0v) is 22.2. The standard InChI is InChI=1S/C28H24N6O2S2/c1-17(21-7-8-30-26(16-29)32-21)31-18-5-6-23-25(13-18)37-24-4-2-3-20(28(24)38-23)22-14-19(15-27(35)33-22)34-9-11-36-12-10-34/h2-8,13-15,17,31H,9-12H2,1H3,(H,33,35). The second-order valence-corrected chi connectivity index (χ2v) is 11.1. The second-order valence-electron chi connectivity index (χ2n) is 9.00. The van der Waals surface area contributed by atoms with Crippen LogP contribution in [0, 0.1) is 11.3 Å². The lowest BCUT2D eigenvalue weighted by molar-refractivity contribution is 0.122. The van der Waals surface area contributed by atoms with Crippen molar-refractivity contribution in [2.24, 2.45) is 0 Å². The van der Waals surface area contributed by atoms with Gasteiger partial charge in [-0.3, -0.25) is 4.79 Å². The SMILES string of the molecule is CC(Nc1ccc2c(c1)Sc1cccc(-c3cc(N4CCOCC4)cc(=O)[nH]3)c1S2)c1ccnc(C#N)n1. The number of hydrogen-bond acceptors (Lipinski definition) is 9. The van der Waals surface area contributed by atoms with Crippen LogP contribution in [0.3, 0.4) is 0 Å². The summed E-state index contributed by atoms with van der Waals surface area (Å²) < 4.78 is 5.48. The van der Waals surface area contributed by atoms with E-state index in [1.54, 1.807) is 35.8 Å². The van der Waals surface area contributed by atoms with E-state index in [1.165, 1.54) is 0 Å². The van der Waals surface area contributed by atoms with Crippen LogP contribution in [-0.2, 0) is 4.74 Å². The van der Waals surface area contributed by atoms with E-state index >= 15 is 0 Å². The summed E-state index contributed by atoms with van der Waals surface area (Å²) in [5.74, 6) is 0.165. The summed E-state index contributed by atoms with van der Waals surface area (Å²) in [7, 11) is 0. The number of ether oxygens (including phenoxy) is 1. The summed E-state index contributed by atoms with van der Waals surface area (Å²) in [6.45, 7) is 4.90. The van der Waals surface area contributed by atoms with Crippen LogP contribution in [-0.4, -0.2) is 41.3 Å². The molecule has 2 N–H and O–H groups in total. The molecule has 10 heteroatoms. The average molecular weight is 541 g/mol. The van der Waals surface area contributed by atoms with Crippen molar-refractivity contribution in [2.75, 3.05) is 36.5 Å². The van der Waals surface area contributed by atoms with Crippen LogP contribution >= 0.6 is 23.5 Å². The van der Waals surface area contributed by atoms with Crippen LogP contribution in [0.4, 0.5) is 11.4 Å². The number of fused-ring (bicyclic) bond motifs is 2. The molecule has 2 aromatic heterocycles. The molecule has 2 aliphatic heterocycles. The van der Waals surface area contributed by atoms with Gasteiger partial charge in [-0.05, 0) is 43.3 Å². The maximum atomic E-state index is 12.6. The maximum absolute atomic E-state index is 12.6. The Bertz CT molecular complexity index is 1610. The van der Waals surface area contributed by atoms with Gasteiger partial charge in [-0.2, -0.15) is 5.26 Å². The van der Waals surface area contributed by atoms with Gasteiger partial charge in [0.05, 0.1) is 30.6 Å². The number of anilines is 2. The summed E-state index contributed by atoms with van der Waals surface area (Å²) in [5.41, 5.74) is 4.40. The lowest BCUT2D eigenvalue weighted by atomic mass is 10.1. The zero-order valence-electron chi connectivity index (χ0n) is 20.6. The van der Waals surface area contributed by atoms with Gasteiger partial charge in [0.25, 0.3) is 0 Å². The van der Waals surface area contributed by atoms with Gasteiger partial charge in [-0.15, -0.1) is 0 Å². The molecular formula is C28H24N6O2S2. The zero-order chi connectivity index (χ0) is 26.1. The van der Waals surface area contributed by atoms with Crippen LogP contribution in [0.1, 0.15) is 24.5 Å². The Kier molecular flexibility index (Phi) is 6.81. The summed E-state index contributed by atoms with van der Waals surface area (Å²) in [6, 6.07) is 20.0. The van der Waals surface area contributed by atoms with E-state index < -0.39 is 0 Å². The first-order chi connectivity index (χ1) is 18.6. The molecule has 4 aromatic rings. The topological polar surface area (TPSA) is 107 Å². The van der Waals surface area contributed by atoms with Crippen LogP contribution in [0.25, 0.3) is 11.3 Å². The number of hydrogen-bond donors (Lipinski definition) is 2. The summed E-state index contributed by atoms with van der Waals surface area (Å²) in [6.07, 6.45) is 1.61. The minimum atomic E-state index is -0.106. The Balaban J connectivity index is 1.27. The molecule has 190 valence electrons. The molecule has 0 spiro atoms. The number of nitrogens with one attached hydrogen (secondary N) is 2. The molecular weight excluding hydrogens is 516 g/mol. The van der Waals surface area contributed by atoms with Gasteiger partial charge in [-0.1, -0.05) is 35.7 Å². The second kappa shape index (κ2) is 10.5. The highest BCUT2D eigenvalue weighted by Gasteiger charge is 2.22. The molecule has 0 amide bonds. The maximum Gasteiger partial charge on any atom is 0.250 e. The first-order valence-corrected chi connectivity index (χ1v) is 13.9. The smallest absolute Gasteiger partial charge is 0.250 e. The van der Waals surface area contributed by atoms with E-state index in [4.69, 9.17) is 10.00 Å². The monoisotopic (exact) mass is 540 g/mol. The lowest BCUT2D eigenvalue weighted by Gasteiger charge is -2.29. The number of aromatic nitrogens is 3. The van der Waals surface area contributed by atoms with Crippen molar-refractivity contribution < 1.29 is 4.74 Å². The molecule has 1 saturated heterocycles. The predicted octanol–water partition coefficient (Wildman–Crippen LogP) is 5.33. The number of benzene rings is 2. The van der Waals surface area contributed by atoms with Gasteiger partial charge in [0.15, 0.2) is 0 Å². The van der Waals surface area contributed by atoms with E-state index in [9.17, 15) is 4.79 Å². The minimum Gasteiger partial charge on any atom is -0.378 e. The summed E-state index contributed by atoms with van der Waals surface area (Å²) in [4.78, 5) is 30.7. The molecule has 1 fully saturated rings. The summed E-state index contributed by atoms with van der Waals surface area (Å²) in [5, 5.41) is 12.6. The molecule has 2 aliphatic rings.